The fourth-order valence-corrected chi connectivity index (χ4v) is 10.00. The number of thiophene rings is 1. The molecule has 0 saturated carbocycles. The van der Waals surface area contributed by atoms with Crippen LogP contribution in [0.4, 0.5) is 17.1 Å². The van der Waals surface area contributed by atoms with Gasteiger partial charge in [-0.3, -0.25) is 0 Å². The predicted molar refractivity (Wildman–Crippen MR) is 207 cm³/mol. The van der Waals surface area contributed by atoms with Crippen LogP contribution in [0, 0.1) is 0 Å². The molecule has 0 amide bonds. The Morgan fingerprint density at radius 1 is 0.458 bits per heavy atom. The third-order valence-corrected chi connectivity index (χ3v) is 12.4. The molecule has 2 aliphatic rings. The van der Waals surface area contributed by atoms with Crippen molar-refractivity contribution >= 4 is 59.3 Å². The average molecular weight is 634 g/mol. The van der Waals surface area contributed by atoms with E-state index in [-0.39, 0.29) is 10.8 Å². The molecule has 0 saturated heterocycles. The van der Waals surface area contributed by atoms with Crippen molar-refractivity contribution in [3.63, 3.8) is 0 Å². The highest BCUT2D eigenvalue weighted by Crippen LogP contribution is 2.56. The molecule has 8 aromatic rings. The molecule has 1 heterocycles. The topological polar surface area (TPSA) is 3.24 Å². The summed E-state index contributed by atoms with van der Waals surface area (Å²) in [5.74, 6) is 0. The molecule has 0 spiro atoms. The SMILES string of the molecule is CC1(C)c2ccccc2-c2cc(N(c3ccc4c(ccc5sc6ccccc6c54)c3)c3cccc4c3-c3ccccc3C4(C)C)ccc21. The maximum atomic E-state index is 2.51. The summed E-state index contributed by atoms with van der Waals surface area (Å²) in [5.41, 5.74) is 14.4. The second kappa shape index (κ2) is 9.69. The Labute approximate surface area is 285 Å². The van der Waals surface area contributed by atoms with Crippen molar-refractivity contribution in [3.8, 4) is 22.3 Å². The lowest BCUT2D eigenvalue weighted by Crippen LogP contribution is -2.16. The minimum Gasteiger partial charge on any atom is -0.310 e. The standard InChI is InChI=1S/C46H35NS/c1-45(2)36-15-8-5-12-32(36)35-27-30(22-24-38(35)45)47(40-18-11-17-39-44(40)33-13-6-9-16-37(33)46(39,3)4)29-21-23-31-28(26-29)20-25-42-43(31)34-14-7-10-19-41(34)48-42/h5-27H,1-4H3. The molecule has 0 unspecified atom stereocenters. The van der Waals surface area contributed by atoms with Gasteiger partial charge < -0.3 is 4.90 Å². The largest absolute Gasteiger partial charge is 0.310 e. The van der Waals surface area contributed by atoms with Gasteiger partial charge in [0.05, 0.1) is 5.69 Å². The highest BCUT2D eigenvalue weighted by Gasteiger charge is 2.39. The first-order valence-corrected chi connectivity index (χ1v) is 17.8. The van der Waals surface area contributed by atoms with E-state index in [1.165, 1.54) is 92.5 Å². The van der Waals surface area contributed by atoms with Gasteiger partial charge in [-0.25, -0.2) is 0 Å². The highest BCUT2D eigenvalue weighted by molar-refractivity contribution is 7.26. The van der Waals surface area contributed by atoms with E-state index in [1.54, 1.807) is 0 Å². The molecule has 48 heavy (non-hydrogen) atoms. The molecule has 0 aliphatic heterocycles. The molecule has 2 heteroatoms. The summed E-state index contributed by atoms with van der Waals surface area (Å²) in [6.45, 7) is 9.45. The molecule has 0 fully saturated rings. The number of hydrogen-bond acceptors (Lipinski definition) is 2. The zero-order chi connectivity index (χ0) is 32.4. The van der Waals surface area contributed by atoms with Gasteiger partial charge >= 0.3 is 0 Å². The van der Waals surface area contributed by atoms with Gasteiger partial charge in [0.15, 0.2) is 0 Å². The van der Waals surface area contributed by atoms with Gasteiger partial charge in [0, 0.05) is 47.9 Å². The Hall–Kier alpha value is -5.18. The highest BCUT2D eigenvalue weighted by atomic mass is 32.1. The molecular weight excluding hydrogens is 599 g/mol. The van der Waals surface area contributed by atoms with E-state index in [9.17, 15) is 0 Å². The van der Waals surface area contributed by atoms with Crippen LogP contribution in [-0.4, -0.2) is 0 Å². The van der Waals surface area contributed by atoms with Crippen LogP contribution >= 0.6 is 11.3 Å². The maximum Gasteiger partial charge on any atom is 0.0543 e. The number of rotatable bonds is 3. The Balaban J connectivity index is 1.25. The van der Waals surface area contributed by atoms with Crippen LogP contribution in [0.5, 0.6) is 0 Å². The van der Waals surface area contributed by atoms with Crippen LogP contribution in [0.2, 0.25) is 0 Å². The predicted octanol–water partition coefficient (Wildman–Crippen LogP) is 13.3. The minimum atomic E-state index is -0.0799. The Morgan fingerprint density at radius 2 is 1.10 bits per heavy atom. The Morgan fingerprint density at radius 3 is 1.96 bits per heavy atom. The monoisotopic (exact) mass is 633 g/mol. The molecule has 230 valence electrons. The summed E-state index contributed by atoms with van der Waals surface area (Å²) < 4.78 is 2.68. The first kappa shape index (κ1) is 27.9. The summed E-state index contributed by atoms with van der Waals surface area (Å²) >= 11 is 1.88. The molecule has 2 aliphatic carbocycles. The summed E-state index contributed by atoms with van der Waals surface area (Å²) in [5, 5.41) is 5.27. The first-order valence-electron chi connectivity index (χ1n) is 16.9. The second-order valence-corrected chi connectivity index (χ2v) is 15.6. The fourth-order valence-electron chi connectivity index (χ4n) is 8.88. The summed E-state index contributed by atoms with van der Waals surface area (Å²) in [6.07, 6.45) is 0. The Bertz CT molecular complexity index is 2630. The van der Waals surface area contributed by atoms with Crippen LogP contribution in [0.25, 0.3) is 53.2 Å². The summed E-state index contributed by atoms with van der Waals surface area (Å²) in [7, 11) is 0. The third kappa shape index (κ3) is 3.67. The summed E-state index contributed by atoms with van der Waals surface area (Å²) in [6, 6.07) is 52.5. The van der Waals surface area contributed by atoms with Crippen molar-refractivity contribution in [1.29, 1.82) is 0 Å². The van der Waals surface area contributed by atoms with Crippen molar-refractivity contribution in [2.24, 2.45) is 0 Å². The van der Waals surface area contributed by atoms with Crippen LogP contribution in [0.15, 0.2) is 140 Å². The number of fused-ring (bicyclic) bond motifs is 11. The van der Waals surface area contributed by atoms with Gasteiger partial charge in [0.1, 0.15) is 0 Å². The average Bonchev–Trinajstić information content (AvgIpc) is 3.69. The lowest BCUT2D eigenvalue weighted by Gasteiger charge is -2.30. The molecule has 7 aromatic carbocycles. The minimum absolute atomic E-state index is 0.0378. The molecule has 0 N–H and O–H groups in total. The number of hydrogen-bond donors (Lipinski definition) is 0. The molecule has 0 radical (unpaired) electrons. The van der Waals surface area contributed by atoms with E-state index in [0.29, 0.717) is 0 Å². The van der Waals surface area contributed by atoms with E-state index < -0.39 is 0 Å². The quantitative estimate of drug-likeness (QED) is 0.187. The van der Waals surface area contributed by atoms with E-state index in [2.05, 4.69) is 172 Å². The summed E-state index contributed by atoms with van der Waals surface area (Å²) in [4.78, 5) is 2.51. The van der Waals surface area contributed by atoms with Crippen LogP contribution < -0.4 is 4.90 Å². The van der Waals surface area contributed by atoms with Crippen molar-refractivity contribution in [2.75, 3.05) is 4.90 Å². The maximum absolute atomic E-state index is 2.51. The normalized spacial score (nSPS) is 15.0. The van der Waals surface area contributed by atoms with E-state index >= 15 is 0 Å². The van der Waals surface area contributed by atoms with Crippen molar-refractivity contribution in [3.05, 3.63) is 162 Å². The third-order valence-electron chi connectivity index (χ3n) is 11.3. The van der Waals surface area contributed by atoms with E-state index in [4.69, 9.17) is 0 Å². The van der Waals surface area contributed by atoms with Crippen molar-refractivity contribution in [1.82, 2.24) is 0 Å². The van der Waals surface area contributed by atoms with Gasteiger partial charge in [0.25, 0.3) is 0 Å². The molecular formula is C46H35NS. The lowest BCUT2D eigenvalue weighted by atomic mass is 9.82. The van der Waals surface area contributed by atoms with Gasteiger partial charge in [0.2, 0.25) is 0 Å². The van der Waals surface area contributed by atoms with Gasteiger partial charge in [-0.15, -0.1) is 11.3 Å². The molecule has 0 atom stereocenters. The second-order valence-electron chi connectivity index (χ2n) is 14.5. The lowest BCUT2D eigenvalue weighted by molar-refractivity contribution is 0.660. The smallest absolute Gasteiger partial charge is 0.0543 e. The van der Waals surface area contributed by atoms with Gasteiger partial charge in [-0.05, 0) is 92.2 Å². The molecule has 1 nitrogen and oxygen atoms in total. The Kier molecular flexibility index (Phi) is 5.63. The van der Waals surface area contributed by atoms with Crippen LogP contribution in [0.3, 0.4) is 0 Å². The van der Waals surface area contributed by atoms with Gasteiger partial charge in [-0.2, -0.15) is 0 Å². The van der Waals surface area contributed by atoms with Crippen molar-refractivity contribution < 1.29 is 0 Å². The number of anilines is 3. The zero-order valence-corrected chi connectivity index (χ0v) is 28.5. The van der Waals surface area contributed by atoms with E-state index in [1.807, 2.05) is 11.3 Å². The zero-order valence-electron chi connectivity index (χ0n) is 27.6. The molecule has 1 aromatic heterocycles. The number of benzene rings is 7. The molecule has 10 rings (SSSR count). The van der Waals surface area contributed by atoms with Crippen molar-refractivity contribution in [2.45, 2.75) is 38.5 Å². The fraction of sp³-hybridized carbons (Fsp3) is 0.130. The van der Waals surface area contributed by atoms with E-state index in [0.717, 1.165) is 0 Å². The van der Waals surface area contributed by atoms with Crippen LogP contribution in [0.1, 0.15) is 49.9 Å². The van der Waals surface area contributed by atoms with Crippen LogP contribution in [-0.2, 0) is 10.8 Å². The van der Waals surface area contributed by atoms with Gasteiger partial charge in [-0.1, -0.05) is 125 Å². The first-order chi connectivity index (χ1) is 23.3. The number of nitrogens with zero attached hydrogens (tertiary/aromatic N) is 1. The molecule has 0 bridgehead atoms.